The van der Waals surface area contributed by atoms with Crippen LogP contribution < -0.4 is 0 Å². The number of nitriles is 1. The van der Waals surface area contributed by atoms with Gasteiger partial charge in [-0.15, -0.1) is 0 Å². The van der Waals surface area contributed by atoms with Crippen LogP contribution in [0.3, 0.4) is 0 Å². The van der Waals surface area contributed by atoms with Gasteiger partial charge < -0.3 is 9.88 Å². The molecule has 1 aliphatic rings. The van der Waals surface area contributed by atoms with Gasteiger partial charge in [-0.2, -0.15) is 5.26 Å². The molecule has 1 fully saturated rings. The van der Waals surface area contributed by atoms with Crippen molar-refractivity contribution in [2.45, 2.75) is 13.0 Å². The first-order valence-corrected chi connectivity index (χ1v) is 9.41. The Balaban J connectivity index is 1.31. The fraction of sp³-hybridized carbons (Fsp3) is 0.318. The van der Waals surface area contributed by atoms with E-state index in [1.54, 1.807) is 6.20 Å². The number of fused-ring (bicyclic) bond motifs is 1. The molecular weight excluding hydrogens is 339 g/mol. The smallest absolute Gasteiger partial charge is 0.123 e. The lowest BCUT2D eigenvalue weighted by atomic mass is 10.1. The zero-order chi connectivity index (χ0) is 18.6. The number of halogens is 1. The summed E-state index contributed by atoms with van der Waals surface area (Å²) in [5, 5.41) is 10.2. The monoisotopic (exact) mass is 362 g/mol. The second-order valence-electron chi connectivity index (χ2n) is 7.15. The first-order valence-electron chi connectivity index (χ1n) is 9.41. The van der Waals surface area contributed by atoms with Gasteiger partial charge in [0.15, 0.2) is 0 Å². The summed E-state index contributed by atoms with van der Waals surface area (Å²) in [5.41, 5.74) is 4.21. The third-order valence-corrected chi connectivity index (χ3v) is 5.41. The van der Waals surface area contributed by atoms with Crippen LogP contribution in [0, 0.1) is 17.1 Å². The number of rotatable bonds is 5. The van der Waals surface area contributed by atoms with Gasteiger partial charge in [0, 0.05) is 50.9 Å². The molecule has 0 saturated carbocycles. The van der Waals surface area contributed by atoms with E-state index in [4.69, 9.17) is 0 Å². The Hall–Kier alpha value is -2.68. The molecule has 1 aromatic heterocycles. The van der Waals surface area contributed by atoms with Crippen molar-refractivity contribution in [1.82, 2.24) is 14.8 Å². The molecule has 2 heterocycles. The van der Waals surface area contributed by atoms with E-state index < -0.39 is 0 Å². The average Bonchev–Trinajstić information content (AvgIpc) is 3.13. The summed E-state index contributed by atoms with van der Waals surface area (Å²) in [6.07, 6.45) is 2.75. The molecule has 138 valence electrons. The van der Waals surface area contributed by atoms with Crippen molar-refractivity contribution in [2.24, 2.45) is 0 Å². The van der Waals surface area contributed by atoms with Crippen molar-refractivity contribution in [3.05, 3.63) is 71.2 Å². The number of para-hydroxylation sites is 1. The molecule has 0 radical (unpaired) electrons. The number of piperazine rings is 1. The Kier molecular flexibility index (Phi) is 5.19. The maximum absolute atomic E-state index is 13.0. The highest BCUT2D eigenvalue weighted by atomic mass is 19.1. The maximum Gasteiger partial charge on any atom is 0.123 e. The van der Waals surface area contributed by atoms with Crippen LogP contribution in [0.2, 0.25) is 0 Å². The molecule has 3 aromatic rings. The van der Waals surface area contributed by atoms with Crippen LogP contribution in [0.15, 0.2) is 48.7 Å². The summed E-state index contributed by atoms with van der Waals surface area (Å²) in [5.74, 6) is -0.175. The van der Waals surface area contributed by atoms with Crippen molar-refractivity contribution >= 4 is 10.9 Å². The second-order valence-corrected chi connectivity index (χ2v) is 7.15. The van der Waals surface area contributed by atoms with Crippen molar-refractivity contribution in [1.29, 1.82) is 5.26 Å². The molecule has 0 aliphatic carbocycles. The van der Waals surface area contributed by atoms with Gasteiger partial charge in [-0.3, -0.25) is 4.90 Å². The van der Waals surface area contributed by atoms with Gasteiger partial charge in [0.25, 0.3) is 0 Å². The highest BCUT2D eigenvalue weighted by molar-refractivity contribution is 5.88. The number of aromatic amines is 1. The van der Waals surface area contributed by atoms with Crippen LogP contribution in [-0.2, 0) is 13.0 Å². The molecule has 0 bridgehead atoms. The van der Waals surface area contributed by atoms with Crippen molar-refractivity contribution in [3.63, 3.8) is 0 Å². The summed E-state index contributed by atoms with van der Waals surface area (Å²) in [4.78, 5) is 8.21. The fourth-order valence-electron chi connectivity index (χ4n) is 3.79. The highest BCUT2D eigenvalue weighted by Gasteiger charge is 2.18. The molecular formula is C22H23FN4. The lowest BCUT2D eigenvalue weighted by molar-refractivity contribution is 0.128. The first-order chi connectivity index (χ1) is 13.2. The van der Waals surface area contributed by atoms with Gasteiger partial charge in [-0.25, -0.2) is 4.39 Å². The second kappa shape index (κ2) is 7.91. The summed E-state index contributed by atoms with van der Waals surface area (Å²) in [7, 11) is 0. The van der Waals surface area contributed by atoms with Gasteiger partial charge >= 0.3 is 0 Å². The SMILES string of the molecule is N#Cc1c[nH]c2c(CN3CCN(CCc4ccc(F)cc4)CC3)cccc12. The maximum atomic E-state index is 13.0. The van der Waals surface area contributed by atoms with E-state index in [0.29, 0.717) is 5.56 Å². The number of benzene rings is 2. The van der Waals surface area contributed by atoms with E-state index in [1.807, 2.05) is 24.3 Å². The van der Waals surface area contributed by atoms with Gasteiger partial charge in [-0.1, -0.05) is 30.3 Å². The number of aromatic nitrogens is 1. The number of H-pyrrole nitrogens is 1. The quantitative estimate of drug-likeness (QED) is 0.755. The van der Waals surface area contributed by atoms with Gasteiger partial charge in [0.2, 0.25) is 0 Å². The molecule has 0 amide bonds. The van der Waals surface area contributed by atoms with E-state index in [1.165, 1.54) is 23.3 Å². The molecule has 0 atom stereocenters. The van der Waals surface area contributed by atoms with Crippen LogP contribution in [0.5, 0.6) is 0 Å². The minimum Gasteiger partial charge on any atom is -0.360 e. The van der Waals surface area contributed by atoms with Gasteiger partial charge in [-0.05, 0) is 29.7 Å². The topological polar surface area (TPSA) is 46.1 Å². The molecule has 2 aromatic carbocycles. The Morgan fingerprint density at radius 2 is 1.74 bits per heavy atom. The normalized spacial score (nSPS) is 15.9. The van der Waals surface area contributed by atoms with Crippen LogP contribution in [0.1, 0.15) is 16.7 Å². The molecule has 4 rings (SSSR count). The lowest BCUT2D eigenvalue weighted by Crippen LogP contribution is -2.46. The van der Waals surface area contributed by atoms with Crippen molar-refractivity contribution in [2.75, 3.05) is 32.7 Å². The third kappa shape index (κ3) is 4.02. The Labute approximate surface area is 158 Å². The zero-order valence-corrected chi connectivity index (χ0v) is 15.3. The molecule has 5 heteroatoms. The fourth-order valence-corrected chi connectivity index (χ4v) is 3.79. The van der Waals surface area contributed by atoms with Gasteiger partial charge in [0.1, 0.15) is 11.9 Å². The number of hydrogen-bond acceptors (Lipinski definition) is 3. The minimum absolute atomic E-state index is 0.175. The average molecular weight is 362 g/mol. The van der Waals surface area contributed by atoms with Crippen LogP contribution in [-0.4, -0.2) is 47.5 Å². The Bertz CT molecular complexity index is 947. The van der Waals surface area contributed by atoms with Gasteiger partial charge in [0.05, 0.1) is 11.1 Å². The van der Waals surface area contributed by atoms with Crippen molar-refractivity contribution < 1.29 is 4.39 Å². The van der Waals surface area contributed by atoms with Crippen LogP contribution in [0.25, 0.3) is 10.9 Å². The molecule has 1 N–H and O–H groups in total. The van der Waals surface area contributed by atoms with E-state index >= 15 is 0 Å². The van der Waals surface area contributed by atoms with E-state index in [2.05, 4.69) is 26.9 Å². The number of hydrogen-bond donors (Lipinski definition) is 1. The number of nitrogens with one attached hydrogen (secondary N) is 1. The summed E-state index contributed by atoms with van der Waals surface area (Å²) >= 11 is 0. The Morgan fingerprint density at radius 1 is 1.00 bits per heavy atom. The molecule has 4 nitrogen and oxygen atoms in total. The highest BCUT2D eigenvalue weighted by Crippen LogP contribution is 2.22. The van der Waals surface area contributed by atoms with E-state index in [-0.39, 0.29) is 5.82 Å². The standard InChI is InChI=1S/C22H23FN4/c23-20-6-4-17(5-7-20)8-9-26-10-12-27(13-11-26)16-18-2-1-3-21-19(14-24)15-25-22(18)21/h1-7,15,25H,8-13,16H2. The molecule has 27 heavy (non-hydrogen) atoms. The minimum atomic E-state index is -0.175. The largest absolute Gasteiger partial charge is 0.360 e. The van der Waals surface area contributed by atoms with E-state index in [0.717, 1.165) is 56.6 Å². The molecule has 0 spiro atoms. The molecule has 1 saturated heterocycles. The summed E-state index contributed by atoms with van der Waals surface area (Å²) in [6.45, 7) is 6.07. The predicted octanol–water partition coefficient (Wildman–Crippen LogP) is 3.54. The molecule has 1 aliphatic heterocycles. The number of nitrogens with zero attached hydrogens (tertiary/aromatic N) is 3. The third-order valence-electron chi connectivity index (χ3n) is 5.41. The lowest BCUT2D eigenvalue weighted by Gasteiger charge is -2.34. The predicted molar refractivity (Wildman–Crippen MR) is 105 cm³/mol. The van der Waals surface area contributed by atoms with Crippen LogP contribution >= 0.6 is 0 Å². The Morgan fingerprint density at radius 3 is 2.48 bits per heavy atom. The van der Waals surface area contributed by atoms with Crippen molar-refractivity contribution in [3.8, 4) is 6.07 Å². The summed E-state index contributed by atoms with van der Waals surface area (Å²) < 4.78 is 13.0. The zero-order valence-electron chi connectivity index (χ0n) is 15.3. The molecule has 0 unspecified atom stereocenters. The first kappa shape index (κ1) is 17.7. The van der Waals surface area contributed by atoms with Crippen LogP contribution in [0.4, 0.5) is 4.39 Å². The summed E-state index contributed by atoms with van der Waals surface area (Å²) in [6, 6.07) is 15.2. The van der Waals surface area contributed by atoms with E-state index in [9.17, 15) is 9.65 Å².